The van der Waals surface area contributed by atoms with Crippen molar-refractivity contribution in [2.75, 3.05) is 32.6 Å². The van der Waals surface area contributed by atoms with Gasteiger partial charge in [0.25, 0.3) is 5.91 Å². The Hall–Kier alpha value is -2.83. The van der Waals surface area contributed by atoms with Crippen molar-refractivity contribution in [3.05, 3.63) is 36.0 Å². The van der Waals surface area contributed by atoms with E-state index in [9.17, 15) is 4.79 Å². The molecule has 1 N–H and O–H groups in total. The van der Waals surface area contributed by atoms with Gasteiger partial charge in [-0.2, -0.15) is 0 Å². The summed E-state index contributed by atoms with van der Waals surface area (Å²) in [5.41, 5.74) is 1.14. The van der Waals surface area contributed by atoms with Gasteiger partial charge in [-0.3, -0.25) is 4.79 Å². The standard InChI is InChI=1S/C19H26N4O3/c1-5-11-23(12-6-2)19(24)15-8-10-18(22-21-15)20-14-7-9-16(25-3)17(13-14)26-4/h7-10,13H,5-6,11-12H2,1-4H3,(H,20,22). The van der Waals surface area contributed by atoms with Gasteiger partial charge in [-0.15, -0.1) is 10.2 Å². The average molecular weight is 358 g/mol. The predicted octanol–water partition coefficient (Wildman–Crippen LogP) is 3.50. The van der Waals surface area contributed by atoms with Crippen LogP contribution in [0.1, 0.15) is 37.2 Å². The second-order valence-electron chi connectivity index (χ2n) is 5.79. The molecule has 0 spiro atoms. The lowest BCUT2D eigenvalue weighted by atomic mass is 10.2. The van der Waals surface area contributed by atoms with E-state index in [1.807, 2.05) is 17.0 Å². The summed E-state index contributed by atoms with van der Waals surface area (Å²) < 4.78 is 10.5. The summed E-state index contributed by atoms with van der Waals surface area (Å²) in [7, 11) is 3.17. The van der Waals surface area contributed by atoms with Crippen molar-refractivity contribution >= 4 is 17.4 Å². The Bertz CT molecular complexity index is 713. The van der Waals surface area contributed by atoms with Crippen LogP contribution in [-0.4, -0.2) is 48.3 Å². The number of amides is 1. The third kappa shape index (κ3) is 4.84. The number of carbonyl (C=O) groups is 1. The molecule has 0 atom stereocenters. The lowest BCUT2D eigenvalue weighted by molar-refractivity contribution is 0.0748. The Balaban J connectivity index is 2.10. The Morgan fingerprint density at radius 1 is 1.00 bits per heavy atom. The fraction of sp³-hybridized carbons (Fsp3) is 0.421. The first kappa shape index (κ1) is 19.5. The molecule has 0 bridgehead atoms. The summed E-state index contributed by atoms with van der Waals surface area (Å²) in [6.45, 7) is 5.55. The first-order chi connectivity index (χ1) is 12.6. The highest BCUT2D eigenvalue weighted by Gasteiger charge is 2.16. The number of hydrogen-bond donors (Lipinski definition) is 1. The van der Waals surface area contributed by atoms with E-state index in [-0.39, 0.29) is 5.91 Å². The Kier molecular flexibility index (Phi) is 7.20. The molecule has 7 nitrogen and oxygen atoms in total. The number of anilines is 2. The van der Waals surface area contributed by atoms with Crippen molar-refractivity contribution < 1.29 is 14.3 Å². The van der Waals surface area contributed by atoms with Gasteiger partial charge < -0.3 is 19.7 Å². The van der Waals surface area contributed by atoms with E-state index >= 15 is 0 Å². The van der Waals surface area contributed by atoms with E-state index in [1.165, 1.54) is 0 Å². The van der Waals surface area contributed by atoms with E-state index in [0.29, 0.717) is 23.0 Å². The van der Waals surface area contributed by atoms with Gasteiger partial charge in [0.05, 0.1) is 14.2 Å². The highest BCUT2D eigenvalue weighted by molar-refractivity contribution is 5.92. The number of rotatable bonds is 9. The highest BCUT2D eigenvalue weighted by Crippen LogP contribution is 2.30. The molecule has 2 aromatic rings. The molecule has 7 heteroatoms. The molecule has 0 unspecified atom stereocenters. The minimum atomic E-state index is -0.0844. The Morgan fingerprint density at radius 3 is 2.23 bits per heavy atom. The molecule has 1 amide bonds. The number of benzene rings is 1. The van der Waals surface area contributed by atoms with Gasteiger partial charge in [0.1, 0.15) is 0 Å². The second-order valence-corrected chi connectivity index (χ2v) is 5.79. The monoisotopic (exact) mass is 358 g/mol. The van der Waals surface area contributed by atoms with Gasteiger partial charge in [-0.05, 0) is 37.1 Å². The van der Waals surface area contributed by atoms with Crippen LogP contribution in [0.25, 0.3) is 0 Å². The topological polar surface area (TPSA) is 76.6 Å². The molecule has 26 heavy (non-hydrogen) atoms. The maximum atomic E-state index is 12.5. The van der Waals surface area contributed by atoms with Crippen molar-refractivity contribution in [1.82, 2.24) is 15.1 Å². The van der Waals surface area contributed by atoms with Crippen LogP contribution in [0.3, 0.4) is 0 Å². The van der Waals surface area contributed by atoms with Crippen LogP contribution < -0.4 is 14.8 Å². The van der Waals surface area contributed by atoms with E-state index in [4.69, 9.17) is 9.47 Å². The molecule has 1 aromatic heterocycles. The molecule has 0 saturated heterocycles. The normalized spacial score (nSPS) is 10.3. The predicted molar refractivity (Wildman–Crippen MR) is 101 cm³/mol. The molecule has 0 radical (unpaired) electrons. The van der Waals surface area contributed by atoms with Gasteiger partial charge in [0.2, 0.25) is 0 Å². The zero-order valence-electron chi connectivity index (χ0n) is 15.8. The molecule has 0 aliphatic heterocycles. The van der Waals surface area contributed by atoms with Crippen molar-refractivity contribution in [2.45, 2.75) is 26.7 Å². The molecule has 1 heterocycles. The zero-order chi connectivity index (χ0) is 18.9. The highest BCUT2D eigenvalue weighted by atomic mass is 16.5. The molecule has 1 aromatic carbocycles. The Labute approximate surface area is 154 Å². The van der Waals surface area contributed by atoms with Crippen LogP contribution in [0.15, 0.2) is 30.3 Å². The summed E-state index contributed by atoms with van der Waals surface area (Å²) in [6.07, 6.45) is 1.83. The van der Waals surface area contributed by atoms with Gasteiger partial charge in [0.15, 0.2) is 23.0 Å². The average Bonchev–Trinajstić information content (AvgIpc) is 2.67. The van der Waals surface area contributed by atoms with Gasteiger partial charge in [-0.25, -0.2) is 0 Å². The van der Waals surface area contributed by atoms with Crippen LogP contribution in [0.2, 0.25) is 0 Å². The lowest BCUT2D eigenvalue weighted by Crippen LogP contribution is -2.33. The molecule has 0 saturated carbocycles. The van der Waals surface area contributed by atoms with Gasteiger partial charge >= 0.3 is 0 Å². The third-order valence-electron chi connectivity index (χ3n) is 3.81. The fourth-order valence-corrected chi connectivity index (χ4v) is 2.59. The number of nitrogens with zero attached hydrogens (tertiary/aromatic N) is 3. The minimum absolute atomic E-state index is 0.0844. The van der Waals surface area contributed by atoms with E-state index < -0.39 is 0 Å². The molecular formula is C19H26N4O3. The van der Waals surface area contributed by atoms with Crippen LogP contribution in [0.4, 0.5) is 11.5 Å². The first-order valence-electron chi connectivity index (χ1n) is 8.75. The van der Waals surface area contributed by atoms with Gasteiger partial charge in [-0.1, -0.05) is 13.8 Å². The number of aromatic nitrogens is 2. The molecule has 0 aliphatic rings. The minimum Gasteiger partial charge on any atom is -0.493 e. The SMILES string of the molecule is CCCN(CCC)C(=O)c1ccc(Nc2ccc(OC)c(OC)c2)nn1. The van der Waals surface area contributed by atoms with Crippen molar-refractivity contribution in [3.63, 3.8) is 0 Å². The smallest absolute Gasteiger partial charge is 0.274 e. The zero-order valence-corrected chi connectivity index (χ0v) is 15.8. The van der Waals surface area contributed by atoms with E-state index in [1.54, 1.807) is 32.4 Å². The summed E-state index contributed by atoms with van der Waals surface area (Å²) >= 11 is 0. The second kappa shape index (κ2) is 9.60. The fourth-order valence-electron chi connectivity index (χ4n) is 2.59. The molecule has 140 valence electrons. The largest absolute Gasteiger partial charge is 0.493 e. The van der Waals surface area contributed by atoms with E-state index in [0.717, 1.165) is 31.6 Å². The number of ether oxygens (including phenoxy) is 2. The maximum absolute atomic E-state index is 12.5. The van der Waals surface area contributed by atoms with Crippen molar-refractivity contribution in [3.8, 4) is 11.5 Å². The van der Waals surface area contributed by atoms with Crippen LogP contribution >= 0.6 is 0 Å². The molecular weight excluding hydrogens is 332 g/mol. The molecule has 0 fully saturated rings. The van der Waals surface area contributed by atoms with Crippen molar-refractivity contribution in [1.29, 1.82) is 0 Å². The maximum Gasteiger partial charge on any atom is 0.274 e. The third-order valence-corrected chi connectivity index (χ3v) is 3.81. The summed E-state index contributed by atoms with van der Waals surface area (Å²) in [5.74, 6) is 1.73. The van der Waals surface area contributed by atoms with E-state index in [2.05, 4.69) is 29.4 Å². The number of carbonyl (C=O) groups excluding carboxylic acids is 1. The summed E-state index contributed by atoms with van der Waals surface area (Å²) in [4.78, 5) is 14.3. The summed E-state index contributed by atoms with van der Waals surface area (Å²) in [6, 6.07) is 8.90. The molecule has 2 rings (SSSR count). The van der Waals surface area contributed by atoms with Crippen LogP contribution in [0, 0.1) is 0 Å². The molecule has 0 aliphatic carbocycles. The Morgan fingerprint density at radius 2 is 1.69 bits per heavy atom. The van der Waals surface area contributed by atoms with Crippen LogP contribution in [-0.2, 0) is 0 Å². The first-order valence-corrected chi connectivity index (χ1v) is 8.75. The number of methoxy groups -OCH3 is 2. The number of nitrogens with one attached hydrogen (secondary N) is 1. The van der Waals surface area contributed by atoms with Gasteiger partial charge in [0, 0.05) is 24.8 Å². The number of hydrogen-bond acceptors (Lipinski definition) is 6. The van der Waals surface area contributed by atoms with Crippen molar-refractivity contribution in [2.24, 2.45) is 0 Å². The van der Waals surface area contributed by atoms with Crippen LogP contribution in [0.5, 0.6) is 11.5 Å². The summed E-state index contributed by atoms with van der Waals surface area (Å²) in [5, 5.41) is 11.3. The quantitative estimate of drug-likeness (QED) is 0.739. The lowest BCUT2D eigenvalue weighted by Gasteiger charge is -2.20.